The number of carbonyl (C=O) groups is 1. The van der Waals surface area contributed by atoms with Gasteiger partial charge in [-0.1, -0.05) is 35.3 Å². The van der Waals surface area contributed by atoms with Crippen LogP contribution in [0.5, 0.6) is 11.5 Å². The van der Waals surface area contributed by atoms with E-state index in [1.54, 1.807) is 12.1 Å². The molecule has 0 bridgehead atoms. The van der Waals surface area contributed by atoms with Crippen molar-refractivity contribution in [3.05, 3.63) is 87.9 Å². The van der Waals surface area contributed by atoms with Crippen molar-refractivity contribution in [3.8, 4) is 11.5 Å². The van der Waals surface area contributed by atoms with Gasteiger partial charge >= 0.3 is 10.1 Å². The van der Waals surface area contributed by atoms with Gasteiger partial charge in [-0.25, -0.2) is 5.43 Å². The molecule has 3 aromatic carbocycles. The maximum atomic E-state index is 12.5. The van der Waals surface area contributed by atoms with Crippen LogP contribution < -0.4 is 14.3 Å². The second-order valence-electron chi connectivity index (χ2n) is 6.11. The van der Waals surface area contributed by atoms with E-state index in [0.29, 0.717) is 16.3 Å². The Balaban J connectivity index is 1.68. The van der Waals surface area contributed by atoms with Crippen LogP contribution in [0.1, 0.15) is 15.9 Å². The van der Waals surface area contributed by atoms with Crippen LogP contribution in [0, 0.1) is 0 Å². The quantitative estimate of drug-likeness (QED) is 0.305. The topological polar surface area (TPSA) is 94.1 Å². The van der Waals surface area contributed by atoms with E-state index in [0.717, 1.165) is 0 Å². The molecule has 0 saturated carbocycles. The largest absolute Gasteiger partial charge is 0.497 e. The third-order valence-electron chi connectivity index (χ3n) is 3.97. The van der Waals surface area contributed by atoms with Gasteiger partial charge in [0.15, 0.2) is 0 Å². The van der Waals surface area contributed by atoms with Gasteiger partial charge in [0, 0.05) is 5.02 Å². The number of amides is 1. The molecule has 0 radical (unpaired) electrons. The standard InChI is InChI=1S/C21H16Cl2N2O5S/c1-29-16-6-8-18(9-7-16)31(27,28)30-17-4-2-3-14(11-17)13-24-25-21(26)19-10-5-15(22)12-20(19)23/h2-13H,1H3,(H,25,26)/b24-13-. The fraction of sp³-hybridized carbons (Fsp3) is 0.0476. The van der Waals surface area contributed by atoms with E-state index in [1.165, 1.54) is 67.9 Å². The number of benzene rings is 3. The van der Waals surface area contributed by atoms with Crippen molar-refractivity contribution in [2.75, 3.05) is 7.11 Å². The molecule has 31 heavy (non-hydrogen) atoms. The van der Waals surface area contributed by atoms with Crippen LogP contribution >= 0.6 is 23.2 Å². The Bertz CT molecular complexity index is 1230. The maximum absolute atomic E-state index is 12.5. The number of nitrogens with one attached hydrogen (secondary N) is 1. The van der Waals surface area contributed by atoms with Crippen molar-refractivity contribution in [2.24, 2.45) is 5.10 Å². The maximum Gasteiger partial charge on any atom is 0.339 e. The molecule has 10 heteroatoms. The van der Waals surface area contributed by atoms with Crippen molar-refractivity contribution in [1.82, 2.24) is 5.43 Å². The summed E-state index contributed by atoms with van der Waals surface area (Å²) in [5.74, 6) is 0.0957. The Morgan fingerprint density at radius 1 is 1.00 bits per heavy atom. The van der Waals surface area contributed by atoms with Crippen LogP contribution in [0.4, 0.5) is 0 Å². The van der Waals surface area contributed by atoms with Crippen molar-refractivity contribution < 1.29 is 22.1 Å². The minimum absolute atomic E-state index is 0.0144. The van der Waals surface area contributed by atoms with Crippen LogP contribution in [0.3, 0.4) is 0 Å². The molecule has 3 rings (SSSR count). The number of hydrazone groups is 1. The van der Waals surface area contributed by atoms with Gasteiger partial charge < -0.3 is 8.92 Å². The molecular formula is C21H16Cl2N2O5S. The van der Waals surface area contributed by atoms with Crippen LogP contribution in [-0.2, 0) is 10.1 Å². The van der Waals surface area contributed by atoms with Gasteiger partial charge in [0.1, 0.15) is 16.4 Å². The first-order valence-electron chi connectivity index (χ1n) is 8.75. The van der Waals surface area contributed by atoms with Gasteiger partial charge in [-0.3, -0.25) is 4.79 Å². The number of methoxy groups -OCH3 is 1. The molecule has 160 valence electrons. The number of halogens is 2. The van der Waals surface area contributed by atoms with Gasteiger partial charge in [-0.2, -0.15) is 13.5 Å². The SMILES string of the molecule is COc1ccc(S(=O)(=O)Oc2cccc(/C=N\NC(=O)c3ccc(Cl)cc3Cl)c2)cc1. The Kier molecular flexibility index (Phi) is 7.17. The zero-order valence-corrected chi connectivity index (χ0v) is 18.4. The second kappa shape index (κ2) is 9.82. The first-order chi connectivity index (χ1) is 14.8. The number of ether oxygens (including phenoxy) is 1. The number of carbonyl (C=O) groups excluding carboxylic acids is 1. The number of nitrogens with zero attached hydrogens (tertiary/aromatic N) is 1. The molecule has 0 aliphatic rings. The van der Waals surface area contributed by atoms with E-state index in [2.05, 4.69) is 10.5 Å². The Labute approximate surface area is 189 Å². The zero-order chi connectivity index (χ0) is 22.4. The number of rotatable bonds is 7. The zero-order valence-electron chi connectivity index (χ0n) is 16.1. The van der Waals surface area contributed by atoms with E-state index in [1.807, 2.05) is 0 Å². The van der Waals surface area contributed by atoms with Crippen LogP contribution in [0.2, 0.25) is 10.0 Å². The summed E-state index contributed by atoms with van der Waals surface area (Å²) in [5.41, 5.74) is 3.06. The molecule has 3 aromatic rings. The molecule has 0 atom stereocenters. The van der Waals surface area contributed by atoms with E-state index >= 15 is 0 Å². The Morgan fingerprint density at radius 2 is 1.74 bits per heavy atom. The molecular weight excluding hydrogens is 463 g/mol. The first-order valence-corrected chi connectivity index (χ1v) is 10.9. The summed E-state index contributed by atoms with van der Waals surface area (Å²) in [4.78, 5) is 12.1. The molecule has 1 N–H and O–H groups in total. The summed E-state index contributed by atoms with van der Waals surface area (Å²) in [6, 6.07) is 16.5. The van der Waals surface area contributed by atoms with Gasteiger partial charge in [-0.05, 0) is 60.2 Å². The highest BCUT2D eigenvalue weighted by molar-refractivity contribution is 7.87. The molecule has 0 aromatic heterocycles. The lowest BCUT2D eigenvalue weighted by atomic mass is 10.2. The predicted molar refractivity (Wildman–Crippen MR) is 119 cm³/mol. The van der Waals surface area contributed by atoms with Crippen molar-refractivity contribution in [3.63, 3.8) is 0 Å². The number of hydrogen-bond acceptors (Lipinski definition) is 6. The lowest BCUT2D eigenvalue weighted by Crippen LogP contribution is -2.18. The first kappa shape index (κ1) is 22.6. The minimum atomic E-state index is -4.03. The highest BCUT2D eigenvalue weighted by Gasteiger charge is 2.17. The monoisotopic (exact) mass is 478 g/mol. The summed E-state index contributed by atoms with van der Waals surface area (Å²) >= 11 is 11.8. The molecule has 0 spiro atoms. The van der Waals surface area contributed by atoms with Crippen molar-refractivity contribution >= 4 is 45.4 Å². The molecule has 0 fully saturated rings. The second-order valence-corrected chi connectivity index (χ2v) is 8.50. The van der Waals surface area contributed by atoms with Crippen LogP contribution in [-0.4, -0.2) is 27.6 Å². The Morgan fingerprint density at radius 3 is 2.42 bits per heavy atom. The van der Waals surface area contributed by atoms with Crippen LogP contribution in [0.25, 0.3) is 0 Å². The Hall–Kier alpha value is -3.07. The van der Waals surface area contributed by atoms with Gasteiger partial charge in [0.25, 0.3) is 5.91 Å². The summed E-state index contributed by atoms with van der Waals surface area (Å²) in [6.45, 7) is 0. The third-order valence-corrected chi connectivity index (χ3v) is 5.78. The minimum Gasteiger partial charge on any atom is -0.497 e. The molecule has 7 nitrogen and oxygen atoms in total. The van der Waals surface area contributed by atoms with E-state index in [4.69, 9.17) is 32.1 Å². The smallest absolute Gasteiger partial charge is 0.339 e. The van der Waals surface area contributed by atoms with E-state index < -0.39 is 16.0 Å². The average molecular weight is 479 g/mol. The molecule has 1 amide bonds. The fourth-order valence-electron chi connectivity index (χ4n) is 2.46. The fourth-order valence-corrected chi connectivity index (χ4v) is 3.88. The summed E-state index contributed by atoms with van der Waals surface area (Å²) in [7, 11) is -2.54. The molecule has 0 unspecified atom stereocenters. The summed E-state index contributed by atoms with van der Waals surface area (Å²) < 4.78 is 35.1. The predicted octanol–water partition coefficient (Wildman–Crippen LogP) is 4.53. The third kappa shape index (κ3) is 5.97. The summed E-state index contributed by atoms with van der Waals surface area (Å²) in [5, 5.41) is 4.46. The highest BCUT2D eigenvalue weighted by atomic mass is 35.5. The van der Waals surface area contributed by atoms with Crippen molar-refractivity contribution in [2.45, 2.75) is 4.90 Å². The average Bonchev–Trinajstić information content (AvgIpc) is 2.73. The van der Waals surface area contributed by atoms with E-state index in [9.17, 15) is 13.2 Å². The van der Waals surface area contributed by atoms with Crippen LogP contribution in [0.15, 0.2) is 76.7 Å². The lowest BCUT2D eigenvalue weighted by Gasteiger charge is -2.08. The van der Waals surface area contributed by atoms with Gasteiger partial charge in [0.2, 0.25) is 0 Å². The normalized spacial score (nSPS) is 11.3. The molecule has 0 aliphatic carbocycles. The number of hydrogen-bond donors (Lipinski definition) is 1. The lowest BCUT2D eigenvalue weighted by molar-refractivity contribution is 0.0955. The molecule has 0 aliphatic heterocycles. The van der Waals surface area contributed by atoms with E-state index in [-0.39, 0.29) is 21.2 Å². The summed E-state index contributed by atoms with van der Waals surface area (Å²) in [6.07, 6.45) is 1.34. The highest BCUT2D eigenvalue weighted by Crippen LogP contribution is 2.22. The van der Waals surface area contributed by atoms with Gasteiger partial charge in [0.05, 0.1) is 23.9 Å². The van der Waals surface area contributed by atoms with Gasteiger partial charge in [-0.15, -0.1) is 0 Å². The molecule has 0 saturated heterocycles. The molecule has 0 heterocycles. The van der Waals surface area contributed by atoms with Crippen molar-refractivity contribution in [1.29, 1.82) is 0 Å².